The molecule has 12 heavy (non-hydrogen) atoms. The lowest BCUT2D eigenvalue weighted by atomic mass is 10.1. The Balaban J connectivity index is 3.59. The summed E-state index contributed by atoms with van der Waals surface area (Å²) in [6.07, 6.45) is 8.54. The second kappa shape index (κ2) is 6.94. The zero-order valence-corrected chi connectivity index (χ0v) is 8.19. The first kappa shape index (κ1) is 11.3. The van der Waals surface area contributed by atoms with Gasteiger partial charge in [0.15, 0.2) is 0 Å². The van der Waals surface area contributed by atoms with Gasteiger partial charge in [0.2, 0.25) is 0 Å². The molecule has 1 atom stereocenters. The summed E-state index contributed by atoms with van der Waals surface area (Å²) in [7, 11) is 0. The van der Waals surface area contributed by atoms with Crippen molar-refractivity contribution in [3.05, 3.63) is 12.2 Å². The van der Waals surface area contributed by atoms with Crippen LogP contribution in [-0.4, -0.2) is 12.6 Å². The Kier molecular flexibility index (Phi) is 6.51. The van der Waals surface area contributed by atoms with E-state index in [1.807, 2.05) is 0 Å². The van der Waals surface area contributed by atoms with Crippen molar-refractivity contribution in [1.29, 1.82) is 0 Å². The summed E-state index contributed by atoms with van der Waals surface area (Å²) in [4.78, 5) is 0. The van der Waals surface area contributed by atoms with E-state index in [9.17, 15) is 0 Å². The molecule has 1 heteroatoms. The molecule has 0 aromatic heterocycles. The Morgan fingerprint density at radius 1 is 1.58 bits per heavy atom. The lowest BCUT2D eigenvalue weighted by Gasteiger charge is -2.12. The third-order valence-electron chi connectivity index (χ3n) is 1.88. The van der Waals surface area contributed by atoms with Crippen molar-refractivity contribution in [2.75, 3.05) is 6.54 Å². The van der Waals surface area contributed by atoms with Crippen LogP contribution in [0, 0.1) is 12.3 Å². The predicted octanol–water partition coefficient (Wildman–Crippen LogP) is 2.34. The summed E-state index contributed by atoms with van der Waals surface area (Å²) in [6.45, 7) is 9.01. The van der Waals surface area contributed by atoms with E-state index in [2.05, 4.69) is 31.7 Å². The van der Waals surface area contributed by atoms with Crippen molar-refractivity contribution in [1.82, 2.24) is 5.32 Å². The molecule has 0 aromatic carbocycles. The Bertz CT molecular complexity index is 164. The standard InChI is InChI=1S/C11H19N/c1-5-8-11(7-3)12-9-10(4)6-2/h3,11-12H,4-6,8-9H2,1-2H3. The molecular weight excluding hydrogens is 146 g/mol. The molecule has 1 N–H and O–H groups in total. The van der Waals surface area contributed by atoms with Gasteiger partial charge in [-0.1, -0.05) is 38.3 Å². The van der Waals surface area contributed by atoms with Crippen LogP contribution in [0.15, 0.2) is 12.2 Å². The van der Waals surface area contributed by atoms with Crippen LogP contribution in [0.4, 0.5) is 0 Å². The summed E-state index contributed by atoms with van der Waals surface area (Å²) >= 11 is 0. The van der Waals surface area contributed by atoms with Crippen molar-refractivity contribution < 1.29 is 0 Å². The maximum absolute atomic E-state index is 5.34. The molecule has 0 saturated carbocycles. The van der Waals surface area contributed by atoms with E-state index in [1.54, 1.807) is 0 Å². The molecule has 1 unspecified atom stereocenters. The van der Waals surface area contributed by atoms with E-state index in [-0.39, 0.29) is 6.04 Å². The van der Waals surface area contributed by atoms with Gasteiger partial charge in [-0.15, -0.1) is 6.42 Å². The second-order valence-corrected chi connectivity index (χ2v) is 2.99. The van der Waals surface area contributed by atoms with Gasteiger partial charge in [0.25, 0.3) is 0 Å². The number of terminal acetylenes is 1. The minimum absolute atomic E-state index is 0.221. The van der Waals surface area contributed by atoms with Gasteiger partial charge in [0, 0.05) is 6.54 Å². The highest BCUT2D eigenvalue weighted by molar-refractivity contribution is 5.03. The summed E-state index contributed by atoms with van der Waals surface area (Å²) in [5.41, 5.74) is 1.21. The van der Waals surface area contributed by atoms with Crippen LogP contribution in [0.2, 0.25) is 0 Å². The van der Waals surface area contributed by atoms with Gasteiger partial charge in [-0.25, -0.2) is 0 Å². The maximum Gasteiger partial charge on any atom is 0.0689 e. The molecule has 0 rings (SSSR count). The highest BCUT2D eigenvalue weighted by atomic mass is 14.9. The monoisotopic (exact) mass is 165 g/mol. The summed E-state index contributed by atoms with van der Waals surface area (Å²) in [5, 5.41) is 3.29. The van der Waals surface area contributed by atoms with Crippen molar-refractivity contribution in [2.24, 2.45) is 0 Å². The zero-order chi connectivity index (χ0) is 9.40. The third-order valence-corrected chi connectivity index (χ3v) is 1.88. The van der Waals surface area contributed by atoms with Crippen molar-refractivity contribution >= 4 is 0 Å². The topological polar surface area (TPSA) is 12.0 Å². The molecule has 0 fully saturated rings. The largest absolute Gasteiger partial charge is 0.300 e. The SMILES string of the molecule is C#CC(CCC)NCC(=C)CC. The summed E-state index contributed by atoms with van der Waals surface area (Å²) < 4.78 is 0. The zero-order valence-electron chi connectivity index (χ0n) is 8.19. The first-order chi connectivity index (χ1) is 5.74. The molecule has 1 nitrogen and oxygen atoms in total. The maximum atomic E-state index is 5.34. The number of hydrogen-bond acceptors (Lipinski definition) is 1. The minimum Gasteiger partial charge on any atom is -0.300 e. The van der Waals surface area contributed by atoms with Crippen LogP contribution < -0.4 is 5.32 Å². The molecule has 0 aliphatic rings. The Morgan fingerprint density at radius 2 is 2.25 bits per heavy atom. The molecule has 68 valence electrons. The van der Waals surface area contributed by atoms with Crippen LogP contribution in [0.25, 0.3) is 0 Å². The van der Waals surface area contributed by atoms with Gasteiger partial charge in [0.05, 0.1) is 6.04 Å². The third kappa shape index (κ3) is 4.98. The average molecular weight is 165 g/mol. The van der Waals surface area contributed by atoms with Gasteiger partial charge >= 0.3 is 0 Å². The Hall–Kier alpha value is -0.740. The van der Waals surface area contributed by atoms with Crippen LogP contribution in [0.3, 0.4) is 0 Å². The van der Waals surface area contributed by atoms with E-state index >= 15 is 0 Å². The summed E-state index contributed by atoms with van der Waals surface area (Å²) in [6, 6.07) is 0.221. The number of rotatable bonds is 6. The van der Waals surface area contributed by atoms with Gasteiger partial charge in [-0.05, 0) is 12.8 Å². The van der Waals surface area contributed by atoms with E-state index in [0.717, 1.165) is 25.8 Å². The van der Waals surface area contributed by atoms with Crippen LogP contribution in [0.5, 0.6) is 0 Å². The van der Waals surface area contributed by atoms with Crippen LogP contribution in [-0.2, 0) is 0 Å². The molecule has 0 aromatic rings. The summed E-state index contributed by atoms with van der Waals surface area (Å²) in [5.74, 6) is 2.73. The smallest absolute Gasteiger partial charge is 0.0689 e. The molecule has 0 aliphatic carbocycles. The van der Waals surface area contributed by atoms with Crippen molar-refractivity contribution in [3.8, 4) is 12.3 Å². The number of hydrogen-bond donors (Lipinski definition) is 1. The van der Waals surface area contributed by atoms with E-state index in [1.165, 1.54) is 5.57 Å². The Labute approximate surface area is 76.2 Å². The van der Waals surface area contributed by atoms with Gasteiger partial charge in [0.1, 0.15) is 0 Å². The quantitative estimate of drug-likeness (QED) is 0.470. The molecule has 0 saturated heterocycles. The fourth-order valence-corrected chi connectivity index (χ4v) is 0.926. The molecule has 0 heterocycles. The average Bonchev–Trinajstić information content (AvgIpc) is 2.11. The molecule has 0 aliphatic heterocycles. The Morgan fingerprint density at radius 3 is 2.67 bits per heavy atom. The fourth-order valence-electron chi connectivity index (χ4n) is 0.926. The van der Waals surface area contributed by atoms with E-state index < -0.39 is 0 Å². The van der Waals surface area contributed by atoms with Gasteiger partial charge in [-0.2, -0.15) is 0 Å². The highest BCUT2D eigenvalue weighted by Gasteiger charge is 2.01. The molecule has 0 spiro atoms. The van der Waals surface area contributed by atoms with Crippen molar-refractivity contribution in [2.45, 2.75) is 39.2 Å². The predicted molar refractivity (Wildman–Crippen MR) is 55.0 cm³/mol. The lowest BCUT2D eigenvalue weighted by Crippen LogP contribution is -2.28. The molecular formula is C11H19N. The molecule has 0 amide bonds. The first-order valence-corrected chi connectivity index (χ1v) is 4.60. The van der Waals surface area contributed by atoms with Crippen LogP contribution >= 0.6 is 0 Å². The molecule has 0 bridgehead atoms. The van der Waals surface area contributed by atoms with E-state index in [0.29, 0.717) is 0 Å². The molecule has 0 radical (unpaired) electrons. The fraction of sp³-hybridized carbons (Fsp3) is 0.636. The first-order valence-electron chi connectivity index (χ1n) is 4.60. The number of nitrogens with one attached hydrogen (secondary N) is 1. The van der Waals surface area contributed by atoms with E-state index in [4.69, 9.17) is 6.42 Å². The van der Waals surface area contributed by atoms with Gasteiger partial charge < -0.3 is 0 Å². The van der Waals surface area contributed by atoms with Gasteiger partial charge in [-0.3, -0.25) is 5.32 Å². The highest BCUT2D eigenvalue weighted by Crippen LogP contribution is 1.98. The van der Waals surface area contributed by atoms with Crippen molar-refractivity contribution in [3.63, 3.8) is 0 Å². The van der Waals surface area contributed by atoms with Crippen LogP contribution in [0.1, 0.15) is 33.1 Å². The second-order valence-electron chi connectivity index (χ2n) is 2.99. The minimum atomic E-state index is 0.221. The lowest BCUT2D eigenvalue weighted by molar-refractivity contribution is 0.584. The normalized spacial score (nSPS) is 12.1.